The number of hydrogen-bond acceptors (Lipinski definition) is 6. The van der Waals surface area contributed by atoms with Crippen molar-refractivity contribution in [2.75, 3.05) is 26.3 Å². The molecule has 2 fully saturated rings. The molecule has 2 heterocycles. The van der Waals surface area contributed by atoms with E-state index in [0.717, 1.165) is 17.6 Å². The van der Waals surface area contributed by atoms with Gasteiger partial charge in [-0.3, -0.25) is 24.5 Å². The molecule has 37 heavy (non-hydrogen) atoms. The predicted octanol–water partition coefficient (Wildman–Crippen LogP) is 1.12. The van der Waals surface area contributed by atoms with Gasteiger partial charge in [0.25, 0.3) is 0 Å². The van der Waals surface area contributed by atoms with Gasteiger partial charge in [0.2, 0.25) is 17.7 Å². The first kappa shape index (κ1) is 27.0. The normalized spacial score (nSPS) is 26.8. The molecule has 1 aromatic carbocycles. The summed E-state index contributed by atoms with van der Waals surface area (Å²) >= 11 is 0. The van der Waals surface area contributed by atoms with E-state index in [9.17, 15) is 19.2 Å². The smallest absolute Gasteiger partial charge is 0.243 e. The van der Waals surface area contributed by atoms with Gasteiger partial charge in [-0.2, -0.15) is 0 Å². The molecule has 9 nitrogen and oxygen atoms in total. The van der Waals surface area contributed by atoms with Crippen molar-refractivity contribution in [2.45, 2.75) is 64.1 Å². The number of amides is 3. The van der Waals surface area contributed by atoms with Crippen LogP contribution in [0.15, 0.2) is 30.3 Å². The zero-order chi connectivity index (χ0) is 26.6. The molecule has 9 heteroatoms. The van der Waals surface area contributed by atoms with E-state index in [-0.39, 0.29) is 43.0 Å². The molecule has 2 aliphatic heterocycles. The molecule has 4 rings (SSSR count). The lowest BCUT2D eigenvalue weighted by Crippen LogP contribution is -2.67. The lowest BCUT2D eigenvalue weighted by Gasteiger charge is -2.42. The first-order chi connectivity index (χ1) is 17.7. The van der Waals surface area contributed by atoms with E-state index < -0.39 is 29.4 Å². The number of hydrogen-bond donors (Lipinski definition) is 4. The predicted molar refractivity (Wildman–Crippen MR) is 139 cm³/mol. The Balaban J connectivity index is 1.56. The molecule has 0 bridgehead atoms. The highest BCUT2D eigenvalue weighted by Crippen LogP contribution is 2.33. The van der Waals surface area contributed by atoms with Crippen LogP contribution in [0.1, 0.15) is 51.2 Å². The molecule has 3 amide bonds. The third-order valence-corrected chi connectivity index (χ3v) is 7.40. The largest absolute Gasteiger partial charge is 0.377 e. The molecule has 2 saturated heterocycles. The summed E-state index contributed by atoms with van der Waals surface area (Å²) in [6, 6.07) is 6.57. The summed E-state index contributed by atoms with van der Waals surface area (Å²) < 4.78 is 5.40. The van der Waals surface area contributed by atoms with E-state index in [4.69, 9.17) is 4.74 Å². The van der Waals surface area contributed by atoms with Gasteiger partial charge in [0.1, 0.15) is 6.04 Å². The van der Waals surface area contributed by atoms with Gasteiger partial charge in [0.05, 0.1) is 31.3 Å². The van der Waals surface area contributed by atoms with E-state index >= 15 is 0 Å². The summed E-state index contributed by atoms with van der Waals surface area (Å²) in [7, 11) is 0. The van der Waals surface area contributed by atoms with Gasteiger partial charge in [-0.1, -0.05) is 44.2 Å². The summed E-state index contributed by atoms with van der Waals surface area (Å²) in [5, 5.41) is 11.8. The number of carbonyl (C=O) groups excluding carboxylic acids is 4. The van der Waals surface area contributed by atoms with Crippen molar-refractivity contribution >= 4 is 29.1 Å². The second-order valence-corrected chi connectivity index (χ2v) is 11.0. The van der Waals surface area contributed by atoms with Crippen molar-refractivity contribution in [1.29, 1.82) is 0 Å². The Morgan fingerprint density at radius 3 is 2.51 bits per heavy atom. The number of Topliss-reactive ketones (excluding diaryl/α,β-unsaturated/α-hetero) is 1. The number of ketones is 1. The summed E-state index contributed by atoms with van der Waals surface area (Å²) in [6.45, 7) is 6.56. The van der Waals surface area contributed by atoms with Gasteiger partial charge in [0, 0.05) is 18.9 Å². The molecular weight excluding hydrogens is 472 g/mol. The van der Waals surface area contributed by atoms with Crippen LogP contribution >= 0.6 is 0 Å². The average Bonchev–Trinajstić information content (AvgIpc) is 3.24. The summed E-state index contributed by atoms with van der Waals surface area (Å²) in [5.41, 5.74) is 2.82. The first-order valence-electron chi connectivity index (χ1n) is 13.2. The van der Waals surface area contributed by atoms with E-state index in [0.29, 0.717) is 26.1 Å². The van der Waals surface area contributed by atoms with Gasteiger partial charge < -0.3 is 20.7 Å². The Bertz CT molecular complexity index is 1080. The van der Waals surface area contributed by atoms with Crippen LogP contribution in [-0.2, 0) is 30.3 Å². The zero-order valence-corrected chi connectivity index (χ0v) is 21.9. The second-order valence-electron chi connectivity index (χ2n) is 11.0. The fourth-order valence-electron chi connectivity index (χ4n) is 5.12. The molecule has 1 aromatic rings. The standard InChI is InChI=1S/C28H38N4O5/c1-17(2)10-23-27(36)31-18(3)24(33)12-21(11-20-9-8-19-6-4-5-7-22(19)20)26(35)29-14-28(15-37-16-28)30-13-25(34)32-23/h4-7,9,17-18,21,23,30H,8,10-16H2,1-3H3,(H,29,35)(H,31,36)(H,32,34)/t18-,21+,23-/m0/s1. The van der Waals surface area contributed by atoms with Crippen LogP contribution in [0.4, 0.5) is 0 Å². The van der Waals surface area contributed by atoms with Crippen molar-refractivity contribution in [1.82, 2.24) is 21.3 Å². The van der Waals surface area contributed by atoms with Crippen LogP contribution in [-0.4, -0.2) is 67.4 Å². The Morgan fingerprint density at radius 1 is 1.05 bits per heavy atom. The highest BCUT2D eigenvalue weighted by Gasteiger charge is 2.40. The minimum absolute atomic E-state index is 0.00488. The van der Waals surface area contributed by atoms with Gasteiger partial charge in [-0.25, -0.2) is 0 Å². The number of allylic oxidation sites excluding steroid dienone is 2. The van der Waals surface area contributed by atoms with E-state index in [1.165, 1.54) is 5.56 Å². The highest BCUT2D eigenvalue weighted by molar-refractivity contribution is 5.95. The number of benzene rings is 1. The molecule has 200 valence electrons. The molecule has 1 aliphatic carbocycles. The quantitative estimate of drug-likeness (QED) is 0.481. The van der Waals surface area contributed by atoms with Gasteiger partial charge in [-0.05, 0) is 48.8 Å². The van der Waals surface area contributed by atoms with E-state index in [1.54, 1.807) is 6.92 Å². The second kappa shape index (κ2) is 11.6. The number of fused-ring (bicyclic) bond motifs is 1. The zero-order valence-electron chi connectivity index (χ0n) is 21.9. The Morgan fingerprint density at radius 2 is 1.81 bits per heavy atom. The van der Waals surface area contributed by atoms with Crippen LogP contribution in [0, 0.1) is 11.8 Å². The number of ether oxygens (including phenoxy) is 1. The van der Waals surface area contributed by atoms with Crippen molar-refractivity contribution in [3.05, 3.63) is 41.5 Å². The van der Waals surface area contributed by atoms with Crippen LogP contribution < -0.4 is 21.3 Å². The molecule has 0 saturated carbocycles. The summed E-state index contributed by atoms with van der Waals surface area (Å²) in [5.74, 6) is -1.58. The van der Waals surface area contributed by atoms with Gasteiger partial charge in [0.15, 0.2) is 5.78 Å². The molecule has 0 unspecified atom stereocenters. The maximum atomic E-state index is 13.4. The topological polar surface area (TPSA) is 126 Å². The minimum Gasteiger partial charge on any atom is -0.377 e. The highest BCUT2D eigenvalue weighted by atomic mass is 16.5. The molecule has 1 spiro atoms. The average molecular weight is 511 g/mol. The fraction of sp³-hybridized carbons (Fsp3) is 0.571. The number of carbonyl (C=O) groups is 4. The van der Waals surface area contributed by atoms with E-state index in [1.807, 2.05) is 32.0 Å². The molecule has 0 aromatic heterocycles. The molecule has 3 atom stereocenters. The van der Waals surface area contributed by atoms with Crippen LogP contribution in [0.5, 0.6) is 0 Å². The molecular formula is C28H38N4O5. The van der Waals surface area contributed by atoms with Crippen molar-refractivity contribution in [3.63, 3.8) is 0 Å². The van der Waals surface area contributed by atoms with Crippen LogP contribution in [0.3, 0.4) is 0 Å². The van der Waals surface area contributed by atoms with Gasteiger partial charge >= 0.3 is 0 Å². The van der Waals surface area contributed by atoms with Crippen molar-refractivity contribution < 1.29 is 23.9 Å². The Hall–Kier alpha value is -3.04. The SMILES string of the molecule is CC(C)C[C@@H]1NC(=O)CNC2(CNC(=O)[C@H](CC3=CCc4ccccc43)CC(=O)[C@H](C)NC1=O)COC2. The first-order valence-corrected chi connectivity index (χ1v) is 13.2. The van der Waals surface area contributed by atoms with Crippen molar-refractivity contribution in [3.8, 4) is 0 Å². The Labute approximate surface area is 218 Å². The third-order valence-electron chi connectivity index (χ3n) is 7.40. The fourth-order valence-corrected chi connectivity index (χ4v) is 5.12. The van der Waals surface area contributed by atoms with Gasteiger partial charge in [-0.15, -0.1) is 0 Å². The maximum Gasteiger partial charge on any atom is 0.243 e. The van der Waals surface area contributed by atoms with Crippen molar-refractivity contribution in [2.24, 2.45) is 11.8 Å². The van der Waals surface area contributed by atoms with E-state index in [2.05, 4.69) is 33.4 Å². The lowest BCUT2D eigenvalue weighted by molar-refractivity contribution is -0.133. The summed E-state index contributed by atoms with van der Waals surface area (Å²) in [4.78, 5) is 52.4. The third kappa shape index (κ3) is 6.64. The molecule has 3 aliphatic rings. The maximum absolute atomic E-state index is 13.4. The van der Waals surface area contributed by atoms with Crippen LogP contribution in [0.2, 0.25) is 0 Å². The number of nitrogens with one attached hydrogen (secondary N) is 4. The van der Waals surface area contributed by atoms with Crippen LogP contribution in [0.25, 0.3) is 5.57 Å². The Kier molecular flexibility index (Phi) is 8.44. The monoisotopic (exact) mass is 510 g/mol. The minimum atomic E-state index is -0.783. The summed E-state index contributed by atoms with van der Waals surface area (Å²) in [6.07, 6.45) is 3.82. The molecule has 4 N–H and O–H groups in total. The molecule has 0 radical (unpaired) electrons. The number of rotatable bonds is 4. The lowest BCUT2D eigenvalue weighted by atomic mass is 9.89.